The molecule has 0 aromatic rings. The van der Waals surface area contributed by atoms with Gasteiger partial charge in [0.1, 0.15) is 0 Å². The summed E-state index contributed by atoms with van der Waals surface area (Å²) in [5.74, 6) is 1.62. The van der Waals surface area contributed by atoms with Gasteiger partial charge in [-0.1, -0.05) is 0 Å². The van der Waals surface area contributed by atoms with Crippen LogP contribution < -0.4 is 0 Å². The van der Waals surface area contributed by atoms with E-state index in [2.05, 4.69) is 0 Å². The maximum Gasteiger partial charge on any atom is 0.857 e. The Morgan fingerprint density at radius 1 is 0.900 bits per heavy atom. The third-order valence-electron chi connectivity index (χ3n) is 1.78. The highest BCUT2D eigenvalue weighted by molar-refractivity contribution is 6.43. The van der Waals surface area contributed by atoms with Crippen LogP contribution in [0.15, 0.2) is 24.0 Å². The van der Waals surface area contributed by atoms with Gasteiger partial charge in [-0.15, -0.1) is 0 Å². The number of hydrogen-bond donors (Lipinski definition) is 0. The molecule has 0 aliphatic carbocycles. The third-order valence-corrected chi connectivity index (χ3v) is 2.91. The zero-order valence-corrected chi connectivity index (χ0v) is 13.8. The Hall–Kier alpha value is -1.45. The molecule has 0 aromatic carbocycles. The molecule has 0 aliphatic heterocycles. The largest absolute Gasteiger partial charge is 0.857 e. The summed E-state index contributed by atoms with van der Waals surface area (Å²) in [4.78, 5) is 22.1. The Morgan fingerprint density at radius 3 is 1.50 bits per heavy atom. The quantitative estimate of drug-likeness (QED) is 0.349. The molecule has 0 spiro atoms. The first-order chi connectivity index (χ1) is 9.38. The molecule has 0 radical (unpaired) electrons. The minimum atomic E-state index is -2.19. The predicted octanol–water partition coefficient (Wildman–Crippen LogP) is 2.07. The molecular formula is C13H21AlO6. The van der Waals surface area contributed by atoms with Gasteiger partial charge in [-0.25, -0.2) is 0 Å². The van der Waals surface area contributed by atoms with Crippen molar-refractivity contribution in [2.75, 3.05) is 13.2 Å². The van der Waals surface area contributed by atoms with E-state index in [1.165, 1.54) is 26.0 Å². The Bertz CT molecular complexity index is 352. The molecule has 112 valence electrons. The van der Waals surface area contributed by atoms with Crippen LogP contribution in [0.4, 0.5) is 0 Å². The Balaban J connectivity index is 4.67. The van der Waals surface area contributed by atoms with Gasteiger partial charge in [0.05, 0.1) is 25.4 Å². The van der Waals surface area contributed by atoms with E-state index in [0.29, 0.717) is 13.2 Å². The average Bonchev–Trinajstić information content (AvgIpc) is 2.27. The van der Waals surface area contributed by atoms with Gasteiger partial charge in [-0.3, -0.25) is 9.59 Å². The van der Waals surface area contributed by atoms with Gasteiger partial charge < -0.3 is 17.1 Å². The van der Waals surface area contributed by atoms with Crippen LogP contribution in [0, 0.1) is 0 Å². The fraction of sp³-hybridized carbons (Fsp3) is 0.538. The summed E-state index contributed by atoms with van der Waals surface area (Å²) >= 11 is -2.19. The number of rotatable bonds is 10. The van der Waals surface area contributed by atoms with Crippen molar-refractivity contribution in [2.24, 2.45) is 0 Å². The van der Waals surface area contributed by atoms with Crippen molar-refractivity contribution in [1.82, 2.24) is 0 Å². The molecule has 0 unspecified atom stereocenters. The lowest BCUT2D eigenvalue weighted by molar-refractivity contribution is -0.113. The van der Waals surface area contributed by atoms with Gasteiger partial charge in [0.15, 0.2) is 11.6 Å². The maximum absolute atomic E-state index is 11.0. The first-order valence-corrected chi connectivity index (χ1v) is 8.52. The summed E-state index contributed by atoms with van der Waals surface area (Å²) in [7, 11) is 0. The second-order valence-corrected chi connectivity index (χ2v) is 5.42. The lowest BCUT2D eigenvalue weighted by atomic mass is 10.4. The normalized spacial score (nSPS) is 11.7. The van der Waals surface area contributed by atoms with Crippen molar-refractivity contribution >= 4 is 26.4 Å². The maximum atomic E-state index is 11.0. The molecule has 7 heteroatoms. The summed E-state index contributed by atoms with van der Waals surface area (Å²) in [6.45, 7) is 7.12. The number of ether oxygens (including phenoxy) is 2. The average molecular weight is 300 g/mol. The standard InChI is InChI=1S/2C6H10O3.CH3.Al/c2*1-3-9-6(8)4-5(2)7;;/h2*4,8H,3H2,1-2H3;1H3;/q;;;+2/p-2. The number of allylic oxidation sites excluding steroid dienone is 2. The van der Waals surface area contributed by atoms with E-state index < -0.39 is 14.8 Å². The highest BCUT2D eigenvalue weighted by Gasteiger charge is 2.28. The summed E-state index contributed by atoms with van der Waals surface area (Å²) in [5.41, 5.74) is 0. The third kappa shape index (κ3) is 9.48. The van der Waals surface area contributed by atoms with Gasteiger partial charge in [0.25, 0.3) is 0 Å². The van der Waals surface area contributed by atoms with E-state index in [9.17, 15) is 9.59 Å². The molecule has 0 amide bonds. The monoisotopic (exact) mass is 300 g/mol. The molecule has 0 bridgehead atoms. The van der Waals surface area contributed by atoms with Crippen molar-refractivity contribution in [3.8, 4) is 0 Å². The van der Waals surface area contributed by atoms with Crippen LogP contribution in [0.2, 0.25) is 5.79 Å². The lowest BCUT2D eigenvalue weighted by Crippen LogP contribution is -2.21. The molecule has 0 rings (SSSR count). The molecule has 0 N–H and O–H groups in total. The van der Waals surface area contributed by atoms with E-state index in [1.54, 1.807) is 19.6 Å². The lowest BCUT2D eigenvalue weighted by Gasteiger charge is -2.17. The topological polar surface area (TPSA) is 71.1 Å². The van der Waals surface area contributed by atoms with Crippen molar-refractivity contribution in [2.45, 2.75) is 33.5 Å². The van der Waals surface area contributed by atoms with Crippen LogP contribution >= 0.6 is 0 Å². The summed E-state index contributed by atoms with van der Waals surface area (Å²) in [6.07, 6.45) is 2.51. The second kappa shape index (κ2) is 10.4. The molecule has 0 fully saturated rings. The van der Waals surface area contributed by atoms with E-state index in [0.717, 1.165) is 0 Å². The summed E-state index contributed by atoms with van der Waals surface area (Å²) in [6, 6.07) is 0. The van der Waals surface area contributed by atoms with Crippen LogP contribution in [0.25, 0.3) is 0 Å². The molecule has 0 aliphatic rings. The molecule has 0 saturated carbocycles. The minimum Gasteiger partial charge on any atom is -0.585 e. The van der Waals surface area contributed by atoms with Crippen LogP contribution in [0.1, 0.15) is 27.7 Å². The zero-order valence-electron chi connectivity index (χ0n) is 12.6. The molecule has 20 heavy (non-hydrogen) atoms. The Kier molecular flexibility index (Phi) is 9.60. The molecule has 0 aromatic heterocycles. The first kappa shape index (κ1) is 18.6. The van der Waals surface area contributed by atoms with E-state index in [4.69, 9.17) is 17.1 Å². The van der Waals surface area contributed by atoms with Crippen molar-refractivity contribution < 1.29 is 26.6 Å². The van der Waals surface area contributed by atoms with Gasteiger partial charge in [-0.2, -0.15) is 0 Å². The number of carbonyl (C=O) groups is 2. The first-order valence-electron chi connectivity index (χ1n) is 6.42. The van der Waals surface area contributed by atoms with Gasteiger partial charge in [0.2, 0.25) is 11.9 Å². The van der Waals surface area contributed by atoms with Crippen LogP contribution in [0.3, 0.4) is 0 Å². The highest BCUT2D eigenvalue weighted by Crippen LogP contribution is 2.09. The van der Waals surface area contributed by atoms with Crippen molar-refractivity contribution in [3.63, 3.8) is 0 Å². The Morgan fingerprint density at radius 2 is 1.25 bits per heavy atom. The molecule has 0 heterocycles. The van der Waals surface area contributed by atoms with E-state index >= 15 is 0 Å². The van der Waals surface area contributed by atoms with Crippen LogP contribution in [-0.4, -0.2) is 39.6 Å². The number of carbonyl (C=O) groups excluding carboxylic acids is 2. The smallest absolute Gasteiger partial charge is 0.585 e. The van der Waals surface area contributed by atoms with Gasteiger partial charge in [-0.05, 0) is 33.5 Å². The number of hydrogen-bond acceptors (Lipinski definition) is 6. The fourth-order valence-electron chi connectivity index (χ4n) is 1.19. The van der Waals surface area contributed by atoms with E-state index in [-0.39, 0.29) is 23.5 Å². The fourth-order valence-corrected chi connectivity index (χ4v) is 2.16. The van der Waals surface area contributed by atoms with Crippen molar-refractivity contribution in [1.29, 1.82) is 0 Å². The zero-order chi connectivity index (χ0) is 15.5. The van der Waals surface area contributed by atoms with Gasteiger partial charge >= 0.3 is 14.8 Å². The molecule has 0 atom stereocenters. The second-order valence-electron chi connectivity index (χ2n) is 3.82. The SMILES string of the molecule is CCOC(=CC(C)=O)[O][Al]([CH3])[O]C(=CC(C)=O)OCC. The predicted molar refractivity (Wildman–Crippen MR) is 74.6 cm³/mol. The molecule has 0 saturated heterocycles. The van der Waals surface area contributed by atoms with E-state index in [1.807, 2.05) is 0 Å². The molecular weight excluding hydrogens is 279 g/mol. The van der Waals surface area contributed by atoms with Crippen molar-refractivity contribution in [3.05, 3.63) is 24.0 Å². The Labute approximate surface area is 124 Å². The minimum absolute atomic E-state index is 0.123. The number of ketones is 2. The summed E-state index contributed by atoms with van der Waals surface area (Å²) in [5, 5.41) is 0. The van der Waals surface area contributed by atoms with Gasteiger partial charge in [0, 0.05) is 0 Å². The summed E-state index contributed by atoms with van der Waals surface area (Å²) < 4.78 is 21.3. The van der Waals surface area contributed by atoms with Crippen LogP contribution in [0.5, 0.6) is 0 Å². The highest BCUT2D eigenvalue weighted by atomic mass is 27.2. The molecule has 6 nitrogen and oxygen atoms in total. The van der Waals surface area contributed by atoms with Crippen LogP contribution in [-0.2, 0) is 26.6 Å².